The van der Waals surface area contributed by atoms with Crippen LogP contribution in [-0.2, 0) is 13.0 Å². The largest absolute Gasteiger partial charge is 0.309 e. The van der Waals surface area contributed by atoms with Gasteiger partial charge in [-0.05, 0) is 17.5 Å². The van der Waals surface area contributed by atoms with Crippen LogP contribution in [0.3, 0.4) is 0 Å². The van der Waals surface area contributed by atoms with Gasteiger partial charge in [-0.15, -0.1) is 0 Å². The quantitative estimate of drug-likeness (QED) is 0.366. The highest BCUT2D eigenvalue weighted by atomic mass is 16.6. The lowest BCUT2D eigenvalue weighted by atomic mass is 10.1. The summed E-state index contributed by atoms with van der Waals surface area (Å²) in [6.45, 7) is 1.66. The zero-order valence-corrected chi connectivity index (χ0v) is 11.7. The molecule has 4 nitrogen and oxygen atoms in total. The van der Waals surface area contributed by atoms with Gasteiger partial charge < -0.3 is 5.32 Å². The van der Waals surface area contributed by atoms with Gasteiger partial charge in [0, 0.05) is 25.2 Å². The van der Waals surface area contributed by atoms with E-state index in [2.05, 4.69) is 29.6 Å². The lowest BCUT2D eigenvalue weighted by Crippen LogP contribution is -2.12. The molecular formula is C17H18N2O2. The molecule has 0 saturated carbocycles. The third-order valence-electron chi connectivity index (χ3n) is 3.10. The number of nitrogens with one attached hydrogen (secondary N) is 1. The molecule has 4 heteroatoms. The first-order valence-electron chi connectivity index (χ1n) is 6.88. The summed E-state index contributed by atoms with van der Waals surface area (Å²) >= 11 is 0. The van der Waals surface area contributed by atoms with E-state index in [0.29, 0.717) is 0 Å². The molecule has 0 bridgehead atoms. The smallest absolute Gasteiger partial charge is 0.269 e. The van der Waals surface area contributed by atoms with Crippen molar-refractivity contribution in [3.05, 3.63) is 88.0 Å². The minimum Gasteiger partial charge on any atom is -0.309 e. The van der Waals surface area contributed by atoms with Crippen molar-refractivity contribution in [2.24, 2.45) is 0 Å². The fourth-order valence-corrected chi connectivity index (χ4v) is 1.95. The van der Waals surface area contributed by atoms with Crippen LogP contribution in [-0.4, -0.2) is 11.5 Å². The topological polar surface area (TPSA) is 55.2 Å². The molecular weight excluding hydrogens is 264 g/mol. The lowest BCUT2D eigenvalue weighted by molar-refractivity contribution is -0.384. The fourth-order valence-electron chi connectivity index (χ4n) is 1.95. The average molecular weight is 282 g/mol. The maximum Gasteiger partial charge on any atom is 0.269 e. The number of nitro groups is 1. The minimum absolute atomic E-state index is 0.132. The zero-order valence-electron chi connectivity index (χ0n) is 11.7. The van der Waals surface area contributed by atoms with Crippen molar-refractivity contribution < 1.29 is 4.92 Å². The molecule has 0 fully saturated rings. The van der Waals surface area contributed by atoms with Crippen LogP contribution in [0.25, 0.3) is 0 Å². The SMILES string of the molecule is O=[N+]([O-])c1ccc(C/C=C/CNCc2ccccc2)cc1. The molecule has 2 aromatic carbocycles. The number of nitrogens with zero attached hydrogens (tertiary/aromatic N) is 1. The molecule has 0 saturated heterocycles. The van der Waals surface area contributed by atoms with E-state index < -0.39 is 0 Å². The van der Waals surface area contributed by atoms with Crippen molar-refractivity contribution in [1.29, 1.82) is 0 Å². The summed E-state index contributed by atoms with van der Waals surface area (Å²) < 4.78 is 0. The Hall–Kier alpha value is -2.46. The summed E-state index contributed by atoms with van der Waals surface area (Å²) in [5.74, 6) is 0. The van der Waals surface area contributed by atoms with Crippen LogP contribution in [0.1, 0.15) is 11.1 Å². The molecule has 21 heavy (non-hydrogen) atoms. The molecule has 0 radical (unpaired) electrons. The predicted molar refractivity (Wildman–Crippen MR) is 84.1 cm³/mol. The molecule has 0 amide bonds. The number of nitro benzene ring substituents is 1. The van der Waals surface area contributed by atoms with E-state index in [1.807, 2.05) is 18.2 Å². The van der Waals surface area contributed by atoms with E-state index in [1.165, 1.54) is 17.7 Å². The first-order valence-corrected chi connectivity index (χ1v) is 6.88. The maximum atomic E-state index is 10.5. The second kappa shape index (κ2) is 7.97. The number of allylic oxidation sites excluding steroid dienone is 1. The molecule has 2 aromatic rings. The second-order valence-corrected chi connectivity index (χ2v) is 4.72. The molecule has 0 aliphatic heterocycles. The highest BCUT2D eigenvalue weighted by Crippen LogP contribution is 2.12. The molecule has 1 N–H and O–H groups in total. The van der Waals surface area contributed by atoms with E-state index in [-0.39, 0.29) is 10.6 Å². The van der Waals surface area contributed by atoms with Crippen LogP contribution in [0.5, 0.6) is 0 Å². The van der Waals surface area contributed by atoms with Crippen molar-refractivity contribution in [1.82, 2.24) is 5.32 Å². The van der Waals surface area contributed by atoms with E-state index in [0.717, 1.165) is 25.1 Å². The molecule has 0 heterocycles. The normalized spacial score (nSPS) is 10.9. The van der Waals surface area contributed by atoms with E-state index >= 15 is 0 Å². The summed E-state index contributed by atoms with van der Waals surface area (Å²) in [6.07, 6.45) is 4.93. The summed E-state index contributed by atoms with van der Waals surface area (Å²) in [6, 6.07) is 16.9. The maximum absolute atomic E-state index is 10.5. The third kappa shape index (κ3) is 5.20. The van der Waals surface area contributed by atoms with Crippen LogP contribution >= 0.6 is 0 Å². The molecule has 0 aliphatic carbocycles. The predicted octanol–water partition coefficient (Wildman–Crippen LogP) is 3.48. The van der Waals surface area contributed by atoms with Gasteiger partial charge in [0.1, 0.15) is 0 Å². The fraction of sp³-hybridized carbons (Fsp3) is 0.176. The van der Waals surface area contributed by atoms with Crippen LogP contribution in [0, 0.1) is 10.1 Å². The Morgan fingerprint density at radius 3 is 2.33 bits per heavy atom. The van der Waals surface area contributed by atoms with E-state index in [4.69, 9.17) is 0 Å². The molecule has 0 unspecified atom stereocenters. The standard InChI is InChI=1S/C17H18N2O2/c20-19(21)17-11-9-15(10-12-17)6-4-5-13-18-14-16-7-2-1-3-8-16/h1-5,7-12,18H,6,13-14H2/b5-4+. The van der Waals surface area contributed by atoms with Crippen LogP contribution in [0.2, 0.25) is 0 Å². The Morgan fingerprint density at radius 2 is 1.67 bits per heavy atom. The molecule has 0 atom stereocenters. The van der Waals surface area contributed by atoms with Crippen LogP contribution in [0.4, 0.5) is 5.69 Å². The summed E-state index contributed by atoms with van der Waals surface area (Å²) in [4.78, 5) is 10.2. The Bertz CT molecular complexity index is 592. The molecule has 2 rings (SSSR count). The van der Waals surface area contributed by atoms with Gasteiger partial charge in [-0.1, -0.05) is 54.6 Å². The molecule has 0 aliphatic rings. The van der Waals surface area contributed by atoms with E-state index in [1.54, 1.807) is 12.1 Å². The number of hydrogen-bond acceptors (Lipinski definition) is 3. The van der Waals surface area contributed by atoms with Gasteiger partial charge in [0.15, 0.2) is 0 Å². The zero-order chi connectivity index (χ0) is 14.9. The first-order chi connectivity index (χ1) is 10.3. The Labute approximate surface area is 124 Å². The first kappa shape index (κ1) is 14.9. The Balaban J connectivity index is 1.69. The average Bonchev–Trinajstić information content (AvgIpc) is 2.52. The van der Waals surface area contributed by atoms with Crippen molar-refractivity contribution in [2.75, 3.05) is 6.54 Å². The van der Waals surface area contributed by atoms with Gasteiger partial charge in [-0.25, -0.2) is 0 Å². The van der Waals surface area contributed by atoms with Crippen LogP contribution < -0.4 is 5.32 Å². The summed E-state index contributed by atoms with van der Waals surface area (Å²) in [5, 5.41) is 13.9. The van der Waals surface area contributed by atoms with Gasteiger partial charge in [0.25, 0.3) is 5.69 Å². The minimum atomic E-state index is -0.382. The van der Waals surface area contributed by atoms with Crippen molar-refractivity contribution in [2.45, 2.75) is 13.0 Å². The third-order valence-corrected chi connectivity index (χ3v) is 3.10. The Morgan fingerprint density at radius 1 is 0.952 bits per heavy atom. The van der Waals surface area contributed by atoms with Gasteiger partial charge in [-0.2, -0.15) is 0 Å². The summed E-state index contributed by atoms with van der Waals surface area (Å²) in [7, 11) is 0. The van der Waals surface area contributed by atoms with Gasteiger partial charge in [-0.3, -0.25) is 10.1 Å². The van der Waals surface area contributed by atoms with Gasteiger partial charge in [0.05, 0.1) is 4.92 Å². The van der Waals surface area contributed by atoms with Gasteiger partial charge in [0.2, 0.25) is 0 Å². The number of benzene rings is 2. The molecule has 0 spiro atoms. The monoisotopic (exact) mass is 282 g/mol. The van der Waals surface area contributed by atoms with Crippen LogP contribution in [0.15, 0.2) is 66.7 Å². The molecule has 0 aromatic heterocycles. The lowest BCUT2D eigenvalue weighted by Gasteiger charge is -2.01. The highest BCUT2D eigenvalue weighted by molar-refractivity contribution is 5.33. The summed E-state index contributed by atoms with van der Waals surface area (Å²) in [5.41, 5.74) is 2.47. The van der Waals surface area contributed by atoms with Gasteiger partial charge >= 0.3 is 0 Å². The Kier molecular flexibility index (Phi) is 5.67. The van der Waals surface area contributed by atoms with Crippen molar-refractivity contribution in [3.63, 3.8) is 0 Å². The van der Waals surface area contributed by atoms with Crippen molar-refractivity contribution in [3.8, 4) is 0 Å². The number of rotatable bonds is 7. The highest BCUT2D eigenvalue weighted by Gasteiger charge is 2.02. The van der Waals surface area contributed by atoms with Crippen molar-refractivity contribution >= 4 is 5.69 Å². The number of hydrogen-bond donors (Lipinski definition) is 1. The number of non-ortho nitro benzene ring substituents is 1. The molecule has 108 valence electrons. The second-order valence-electron chi connectivity index (χ2n) is 4.72. The van der Waals surface area contributed by atoms with E-state index in [9.17, 15) is 10.1 Å².